The molecule has 0 unspecified atom stereocenters. The van der Waals surface area contributed by atoms with Crippen LogP contribution in [0.25, 0.3) is 77.7 Å². The third kappa shape index (κ3) is 9.69. The van der Waals surface area contributed by atoms with Crippen molar-refractivity contribution in [3.05, 3.63) is 282 Å². The molecule has 4 heterocycles. The molecule has 0 atom stereocenters. The minimum atomic E-state index is -0.282. The number of benzene rings is 11. The molecule has 2 aliphatic heterocycles. The Bertz CT molecular complexity index is 4750. The highest BCUT2D eigenvalue weighted by Gasteiger charge is 2.47. The van der Waals surface area contributed by atoms with E-state index in [9.17, 15) is 0 Å². The van der Waals surface area contributed by atoms with E-state index in [1.54, 1.807) is 0 Å². The SMILES string of the molecule is CC(C)(C)c1cc(-c2ccccc2)c(N2c3cc(-n4c5c(c6ccccc64)CCCC5)ccc3B3c4ccc(-n5c6c(c7ccccc75)CCCC6)cc4N(c4c(-c5ccccc5)cc(C(C)(C)C)cc4-c4ccccc4)c4cc(C(C)(C)C)cc2c43)c(-c2ccccc2)c1. The van der Waals surface area contributed by atoms with Crippen molar-refractivity contribution in [3.63, 3.8) is 0 Å². The van der Waals surface area contributed by atoms with Gasteiger partial charge < -0.3 is 18.9 Å². The predicted octanol–water partition coefficient (Wildman–Crippen LogP) is 22.0. The first-order chi connectivity index (χ1) is 46.1. The largest absolute Gasteiger partial charge is 0.313 e. The van der Waals surface area contributed by atoms with E-state index in [0.29, 0.717) is 0 Å². The third-order valence-corrected chi connectivity index (χ3v) is 21.5. The molecule has 0 bridgehead atoms. The standard InChI is InChI=1S/C90H83BN4/c1-88(2,3)62-50-71(58-30-14-10-15-31-58)86(72(51-62)59-32-16-11-17-33-59)94-81-56-65(92-77-42-26-22-38-67(77)68-39-23-27-43-78(68)92)46-48-75(81)91-76-49-47-66(93-79-44-28-24-40-69(79)70-41-25-29-45-80(70)93)57-82(76)95(84-55-64(90(7,8)9)54-83(94)85(84)91)87-73(60-34-18-12-19-35-60)52-63(89(4,5)6)53-74(87)61-36-20-13-21-37-61/h10-22,24,26,28,30-38,40,42,44,46-57H,23,25,27,29,39,41,43,45H2,1-9H3. The number of hydrogen-bond acceptors (Lipinski definition) is 2. The monoisotopic (exact) mass is 1230 g/mol. The molecule has 2 aromatic heterocycles. The number of nitrogens with zero attached hydrogens (tertiary/aromatic N) is 4. The zero-order chi connectivity index (χ0) is 64.6. The number of fused-ring (bicyclic) bond motifs is 10. The Balaban J connectivity index is 1.06. The van der Waals surface area contributed by atoms with Gasteiger partial charge in [0.1, 0.15) is 0 Å². The second-order valence-electron chi connectivity index (χ2n) is 30.5. The highest BCUT2D eigenvalue weighted by Crippen LogP contribution is 2.56. The van der Waals surface area contributed by atoms with Gasteiger partial charge in [-0.05, 0) is 207 Å². The summed E-state index contributed by atoms with van der Waals surface area (Å²) in [6, 6.07) is 94.2. The number of anilines is 6. The molecule has 4 aliphatic rings. The zero-order valence-corrected chi connectivity index (χ0v) is 56.6. The van der Waals surface area contributed by atoms with Crippen molar-refractivity contribution in [1.82, 2.24) is 9.13 Å². The van der Waals surface area contributed by atoms with Gasteiger partial charge in [0.15, 0.2) is 0 Å². The summed E-state index contributed by atoms with van der Waals surface area (Å²) in [5.74, 6) is 0. The second kappa shape index (κ2) is 22.4. The summed E-state index contributed by atoms with van der Waals surface area (Å²) >= 11 is 0. The van der Waals surface area contributed by atoms with Gasteiger partial charge in [0, 0.05) is 78.5 Å². The van der Waals surface area contributed by atoms with Gasteiger partial charge in [-0.3, -0.25) is 0 Å². The summed E-state index contributed by atoms with van der Waals surface area (Å²) in [4.78, 5) is 5.54. The Kier molecular flexibility index (Phi) is 13.9. The van der Waals surface area contributed by atoms with E-state index in [0.717, 1.165) is 25.7 Å². The minimum absolute atomic E-state index is 0.158. The van der Waals surface area contributed by atoms with Gasteiger partial charge in [0.05, 0.1) is 22.4 Å². The Morgan fingerprint density at radius 3 is 0.968 bits per heavy atom. The van der Waals surface area contributed by atoms with Crippen LogP contribution < -0.4 is 26.2 Å². The van der Waals surface area contributed by atoms with E-state index in [4.69, 9.17) is 0 Å². The maximum absolute atomic E-state index is 2.77. The van der Waals surface area contributed by atoms with E-state index in [1.807, 2.05) is 0 Å². The summed E-state index contributed by atoms with van der Waals surface area (Å²) in [5.41, 5.74) is 34.9. The van der Waals surface area contributed by atoms with E-state index < -0.39 is 0 Å². The average Bonchev–Trinajstić information content (AvgIpc) is 1.22. The average molecular weight is 1230 g/mol. The van der Waals surface area contributed by atoms with Crippen LogP contribution in [0.15, 0.2) is 243 Å². The van der Waals surface area contributed by atoms with Gasteiger partial charge >= 0.3 is 0 Å². The molecular weight excluding hydrogens is 1150 g/mol. The van der Waals surface area contributed by atoms with E-state index in [-0.39, 0.29) is 23.0 Å². The normalized spacial score (nSPS) is 14.4. The van der Waals surface area contributed by atoms with Gasteiger partial charge in [0.25, 0.3) is 6.71 Å². The molecule has 11 aromatic carbocycles. The minimum Gasteiger partial charge on any atom is -0.313 e. The topological polar surface area (TPSA) is 16.3 Å². The molecule has 95 heavy (non-hydrogen) atoms. The smallest absolute Gasteiger partial charge is 0.252 e. The van der Waals surface area contributed by atoms with Crippen LogP contribution in [-0.2, 0) is 41.9 Å². The summed E-state index contributed by atoms with van der Waals surface area (Å²) in [5, 5.41) is 2.76. The first kappa shape index (κ1) is 58.9. The van der Waals surface area contributed by atoms with Crippen molar-refractivity contribution in [2.24, 2.45) is 0 Å². The van der Waals surface area contributed by atoms with Gasteiger partial charge in [-0.15, -0.1) is 0 Å². The van der Waals surface area contributed by atoms with E-state index in [1.165, 1.54) is 193 Å². The van der Waals surface area contributed by atoms with Crippen molar-refractivity contribution in [2.75, 3.05) is 9.80 Å². The lowest BCUT2D eigenvalue weighted by atomic mass is 9.33. The first-order valence-corrected chi connectivity index (χ1v) is 35.0. The number of rotatable bonds is 8. The highest BCUT2D eigenvalue weighted by molar-refractivity contribution is 7.00. The van der Waals surface area contributed by atoms with Crippen molar-refractivity contribution in [3.8, 4) is 55.9 Å². The molecule has 4 nitrogen and oxygen atoms in total. The molecule has 5 heteroatoms. The lowest BCUT2D eigenvalue weighted by Crippen LogP contribution is -2.61. The fourth-order valence-electron chi connectivity index (χ4n) is 16.7. The Morgan fingerprint density at radius 2 is 0.621 bits per heavy atom. The van der Waals surface area contributed by atoms with Crippen LogP contribution in [0.2, 0.25) is 0 Å². The number of aryl methyl sites for hydroxylation is 2. The van der Waals surface area contributed by atoms with Crippen LogP contribution >= 0.6 is 0 Å². The molecule has 0 saturated heterocycles. The number of para-hydroxylation sites is 2. The lowest BCUT2D eigenvalue weighted by molar-refractivity contribution is 0.590. The Labute approximate surface area is 562 Å². The molecule has 13 aromatic rings. The summed E-state index contributed by atoms with van der Waals surface area (Å²) in [6.45, 7) is 21.3. The molecule has 0 N–H and O–H groups in total. The molecule has 0 fully saturated rings. The van der Waals surface area contributed by atoms with Crippen LogP contribution in [-0.4, -0.2) is 15.8 Å². The molecule has 466 valence electrons. The fraction of sp³-hybridized carbons (Fsp3) is 0.222. The summed E-state index contributed by atoms with van der Waals surface area (Å²) in [7, 11) is 0. The first-order valence-electron chi connectivity index (χ1n) is 35.0. The fourth-order valence-corrected chi connectivity index (χ4v) is 16.7. The molecular formula is C90H83BN4. The van der Waals surface area contributed by atoms with Gasteiger partial charge in [-0.25, -0.2) is 0 Å². The van der Waals surface area contributed by atoms with E-state index >= 15 is 0 Å². The number of hydrogen-bond donors (Lipinski definition) is 0. The molecule has 0 radical (unpaired) electrons. The van der Waals surface area contributed by atoms with Gasteiger partial charge in [0.2, 0.25) is 0 Å². The summed E-state index contributed by atoms with van der Waals surface area (Å²) < 4.78 is 5.30. The second-order valence-corrected chi connectivity index (χ2v) is 30.5. The van der Waals surface area contributed by atoms with Crippen LogP contribution in [0, 0.1) is 0 Å². The predicted molar refractivity (Wildman–Crippen MR) is 405 cm³/mol. The zero-order valence-electron chi connectivity index (χ0n) is 56.6. The quantitative estimate of drug-likeness (QED) is 0.141. The third-order valence-electron chi connectivity index (χ3n) is 21.5. The van der Waals surface area contributed by atoms with Crippen LogP contribution in [0.3, 0.4) is 0 Å². The van der Waals surface area contributed by atoms with Crippen molar-refractivity contribution in [1.29, 1.82) is 0 Å². The maximum atomic E-state index is 2.77. The molecule has 17 rings (SSSR count). The van der Waals surface area contributed by atoms with Gasteiger partial charge in [-0.1, -0.05) is 232 Å². The van der Waals surface area contributed by atoms with Gasteiger partial charge in [-0.2, -0.15) is 0 Å². The van der Waals surface area contributed by atoms with E-state index in [2.05, 4.69) is 324 Å². The summed E-state index contributed by atoms with van der Waals surface area (Å²) in [6.07, 6.45) is 9.10. The Morgan fingerprint density at radius 1 is 0.305 bits per heavy atom. The lowest BCUT2D eigenvalue weighted by Gasteiger charge is -2.47. The van der Waals surface area contributed by atoms with Crippen molar-refractivity contribution in [2.45, 2.75) is 130 Å². The van der Waals surface area contributed by atoms with Crippen LogP contribution in [0.5, 0.6) is 0 Å². The Hall–Kier alpha value is -9.84. The van der Waals surface area contributed by atoms with Crippen molar-refractivity contribution < 1.29 is 0 Å². The maximum Gasteiger partial charge on any atom is 0.252 e. The molecule has 2 aliphatic carbocycles. The van der Waals surface area contributed by atoms with Crippen molar-refractivity contribution >= 4 is 79.0 Å². The van der Waals surface area contributed by atoms with Crippen LogP contribution in [0.1, 0.15) is 127 Å². The van der Waals surface area contributed by atoms with Crippen LogP contribution in [0.4, 0.5) is 34.1 Å². The highest BCUT2D eigenvalue weighted by atomic mass is 15.2. The molecule has 0 spiro atoms. The molecule has 0 amide bonds. The number of aromatic nitrogens is 2. The molecule has 0 saturated carbocycles.